The van der Waals surface area contributed by atoms with Crippen LogP contribution >= 0.6 is 11.6 Å². The molecule has 1 atom stereocenters. The van der Waals surface area contributed by atoms with E-state index in [1.54, 1.807) is 18.2 Å². The zero-order valence-electron chi connectivity index (χ0n) is 15.8. The lowest BCUT2D eigenvalue weighted by Crippen LogP contribution is -2.32. The fourth-order valence-electron chi connectivity index (χ4n) is 2.69. The minimum absolute atomic E-state index is 0.0216. The molecule has 6 heteroatoms. The average Bonchev–Trinajstić information content (AvgIpc) is 2.65. The number of hydrogen-bond acceptors (Lipinski definition) is 4. The summed E-state index contributed by atoms with van der Waals surface area (Å²) >= 11 is 5.95. The van der Waals surface area contributed by atoms with Crippen molar-refractivity contribution in [2.24, 2.45) is 0 Å². The summed E-state index contributed by atoms with van der Waals surface area (Å²) in [5.74, 6) is -0.311. The van der Waals surface area contributed by atoms with Gasteiger partial charge in [-0.25, -0.2) is 0 Å². The van der Waals surface area contributed by atoms with E-state index < -0.39 is 5.97 Å². The Hall–Kier alpha value is -2.53. The van der Waals surface area contributed by atoms with Crippen LogP contribution in [0.15, 0.2) is 42.5 Å². The Bertz CT molecular complexity index is 789. The second-order valence-electron chi connectivity index (χ2n) is 6.23. The molecule has 0 bridgehead atoms. The summed E-state index contributed by atoms with van der Waals surface area (Å²) in [6, 6.07) is 12.9. The lowest BCUT2D eigenvalue weighted by atomic mass is 10.0. The molecule has 2 rings (SSSR count). The summed E-state index contributed by atoms with van der Waals surface area (Å²) in [4.78, 5) is 24.2. The highest BCUT2D eigenvalue weighted by molar-refractivity contribution is 6.30. The van der Waals surface area contributed by atoms with Gasteiger partial charge in [0, 0.05) is 10.6 Å². The van der Waals surface area contributed by atoms with Crippen molar-refractivity contribution in [2.75, 3.05) is 13.7 Å². The van der Waals surface area contributed by atoms with Crippen LogP contribution in [-0.4, -0.2) is 25.6 Å². The number of benzene rings is 2. The molecule has 0 aliphatic carbocycles. The molecule has 0 spiro atoms. The number of methoxy groups -OCH3 is 1. The number of carbonyl (C=O) groups is 2. The Morgan fingerprint density at radius 2 is 1.85 bits per heavy atom. The number of rotatable bonds is 8. The van der Waals surface area contributed by atoms with Gasteiger partial charge in [-0.2, -0.15) is 0 Å². The van der Waals surface area contributed by atoms with E-state index in [9.17, 15) is 9.59 Å². The van der Waals surface area contributed by atoms with Gasteiger partial charge in [0.15, 0.2) is 6.61 Å². The predicted molar refractivity (Wildman–Crippen MR) is 105 cm³/mol. The maximum Gasteiger partial charge on any atom is 0.310 e. The first-order valence-corrected chi connectivity index (χ1v) is 9.14. The number of hydrogen-bond donors (Lipinski definition) is 1. The first-order valence-electron chi connectivity index (χ1n) is 8.77. The van der Waals surface area contributed by atoms with Crippen molar-refractivity contribution in [1.29, 1.82) is 0 Å². The highest BCUT2D eigenvalue weighted by atomic mass is 35.5. The standard InChI is InChI=1S/C21H24ClNO4/c1-4-18(15-7-5-14(2)6-8-15)23-20(24)13-27-21(25)12-16-11-17(22)9-10-19(16)26-3/h5-11,18H,4,12-13H2,1-3H3,(H,23,24)/t18-/m0/s1. The Morgan fingerprint density at radius 3 is 2.48 bits per heavy atom. The van der Waals surface area contributed by atoms with E-state index in [-0.39, 0.29) is 25.0 Å². The molecule has 1 amide bonds. The topological polar surface area (TPSA) is 64.6 Å². The van der Waals surface area contributed by atoms with Crippen LogP contribution in [0.1, 0.15) is 36.1 Å². The summed E-state index contributed by atoms with van der Waals surface area (Å²) in [5.41, 5.74) is 2.79. The third kappa shape index (κ3) is 6.29. The first-order chi connectivity index (χ1) is 12.9. The van der Waals surface area contributed by atoms with E-state index in [0.717, 1.165) is 17.5 Å². The van der Waals surface area contributed by atoms with Gasteiger partial charge < -0.3 is 14.8 Å². The van der Waals surface area contributed by atoms with E-state index in [4.69, 9.17) is 21.1 Å². The Morgan fingerprint density at radius 1 is 1.15 bits per heavy atom. The lowest BCUT2D eigenvalue weighted by molar-refractivity contribution is -0.148. The summed E-state index contributed by atoms with van der Waals surface area (Å²) < 4.78 is 10.3. The number of ether oxygens (including phenoxy) is 2. The lowest BCUT2D eigenvalue weighted by Gasteiger charge is -2.17. The number of carbonyl (C=O) groups excluding carboxylic acids is 2. The van der Waals surface area contributed by atoms with Gasteiger partial charge >= 0.3 is 5.97 Å². The fourth-order valence-corrected chi connectivity index (χ4v) is 2.89. The van der Waals surface area contributed by atoms with Crippen LogP contribution in [0.25, 0.3) is 0 Å². The van der Waals surface area contributed by atoms with Gasteiger partial charge in [-0.15, -0.1) is 0 Å². The van der Waals surface area contributed by atoms with Crippen LogP contribution in [0, 0.1) is 6.92 Å². The molecule has 0 heterocycles. The van der Waals surface area contributed by atoms with Crippen molar-refractivity contribution in [1.82, 2.24) is 5.32 Å². The Labute approximate surface area is 164 Å². The SMILES string of the molecule is CC[C@H](NC(=O)COC(=O)Cc1cc(Cl)ccc1OC)c1ccc(C)cc1. The van der Waals surface area contributed by atoms with Crippen molar-refractivity contribution in [2.45, 2.75) is 32.7 Å². The van der Waals surface area contributed by atoms with Gasteiger partial charge in [0.25, 0.3) is 5.91 Å². The number of aryl methyl sites for hydroxylation is 1. The van der Waals surface area contributed by atoms with E-state index in [1.807, 2.05) is 38.1 Å². The largest absolute Gasteiger partial charge is 0.496 e. The van der Waals surface area contributed by atoms with E-state index >= 15 is 0 Å². The molecule has 2 aromatic rings. The second kappa shape index (κ2) is 9.97. The molecule has 0 saturated heterocycles. The highest BCUT2D eigenvalue weighted by Gasteiger charge is 2.16. The third-order valence-electron chi connectivity index (χ3n) is 4.16. The summed E-state index contributed by atoms with van der Waals surface area (Å²) in [7, 11) is 1.52. The molecular weight excluding hydrogens is 366 g/mol. The summed E-state index contributed by atoms with van der Waals surface area (Å²) in [6.07, 6.45) is 0.717. The molecule has 144 valence electrons. The molecule has 0 aliphatic rings. The smallest absolute Gasteiger partial charge is 0.310 e. The van der Waals surface area contributed by atoms with Crippen LogP contribution in [0.4, 0.5) is 0 Å². The normalized spacial score (nSPS) is 11.6. The molecule has 0 aliphatic heterocycles. The van der Waals surface area contributed by atoms with Gasteiger partial charge in [0.2, 0.25) is 0 Å². The van der Waals surface area contributed by atoms with Crippen molar-refractivity contribution in [3.05, 3.63) is 64.2 Å². The van der Waals surface area contributed by atoms with Gasteiger partial charge in [-0.05, 0) is 37.1 Å². The quantitative estimate of drug-likeness (QED) is 0.693. The molecule has 2 aromatic carbocycles. The molecule has 0 saturated carbocycles. The van der Waals surface area contributed by atoms with Crippen LogP contribution in [0.3, 0.4) is 0 Å². The Kier molecular flexibility index (Phi) is 7.67. The molecule has 0 unspecified atom stereocenters. The summed E-state index contributed by atoms with van der Waals surface area (Å²) in [5, 5.41) is 3.39. The van der Waals surface area contributed by atoms with Gasteiger partial charge in [-0.3, -0.25) is 9.59 Å². The molecule has 5 nitrogen and oxygen atoms in total. The number of amides is 1. The molecule has 0 fully saturated rings. The van der Waals surface area contributed by atoms with Gasteiger partial charge in [-0.1, -0.05) is 48.4 Å². The van der Waals surface area contributed by atoms with Crippen molar-refractivity contribution in [3.8, 4) is 5.75 Å². The highest BCUT2D eigenvalue weighted by Crippen LogP contribution is 2.23. The first kappa shape index (κ1) is 20.8. The molecule has 0 aromatic heterocycles. The molecule has 1 N–H and O–H groups in total. The van der Waals surface area contributed by atoms with Crippen molar-refractivity contribution >= 4 is 23.5 Å². The van der Waals surface area contributed by atoms with E-state index in [2.05, 4.69) is 5.32 Å². The number of esters is 1. The fraction of sp³-hybridized carbons (Fsp3) is 0.333. The minimum atomic E-state index is -0.519. The number of nitrogens with one attached hydrogen (secondary N) is 1. The van der Waals surface area contributed by atoms with Gasteiger partial charge in [0.05, 0.1) is 19.6 Å². The van der Waals surface area contributed by atoms with Crippen molar-refractivity contribution in [3.63, 3.8) is 0 Å². The second-order valence-corrected chi connectivity index (χ2v) is 6.67. The monoisotopic (exact) mass is 389 g/mol. The minimum Gasteiger partial charge on any atom is -0.496 e. The molecular formula is C21H24ClNO4. The molecule has 0 radical (unpaired) electrons. The average molecular weight is 390 g/mol. The van der Waals surface area contributed by atoms with Crippen molar-refractivity contribution < 1.29 is 19.1 Å². The van der Waals surface area contributed by atoms with E-state index in [1.165, 1.54) is 7.11 Å². The predicted octanol–water partition coefficient (Wildman–Crippen LogP) is 4.01. The maximum atomic E-state index is 12.2. The third-order valence-corrected chi connectivity index (χ3v) is 4.40. The Balaban J connectivity index is 1.88. The molecule has 27 heavy (non-hydrogen) atoms. The maximum absolute atomic E-state index is 12.2. The van der Waals surface area contributed by atoms with Crippen LogP contribution in [0.2, 0.25) is 5.02 Å². The van der Waals surface area contributed by atoms with Gasteiger partial charge in [0.1, 0.15) is 5.75 Å². The summed E-state index contributed by atoms with van der Waals surface area (Å²) in [6.45, 7) is 3.67. The van der Waals surface area contributed by atoms with Crippen LogP contribution < -0.4 is 10.1 Å². The van der Waals surface area contributed by atoms with Crippen LogP contribution in [-0.2, 0) is 20.7 Å². The van der Waals surface area contributed by atoms with E-state index in [0.29, 0.717) is 16.3 Å². The van der Waals surface area contributed by atoms with Crippen LogP contribution in [0.5, 0.6) is 5.75 Å². The number of halogens is 1. The zero-order valence-corrected chi connectivity index (χ0v) is 16.5. The zero-order chi connectivity index (χ0) is 19.8.